The van der Waals surface area contributed by atoms with Gasteiger partial charge in [-0.05, 0) is 36.1 Å². The summed E-state index contributed by atoms with van der Waals surface area (Å²) >= 11 is 6.16. The molecule has 2 atom stereocenters. The summed E-state index contributed by atoms with van der Waals surface area (Å²) in [7, 11) is 0. The van der Waals surface area contributed by atoms with E-state index in [1.807, 2.05) is 24.3 Å². The summed E-state index contributed by atoms with van der Waals surface area (Å²) in [6.07, 6.45) is 4.33. The Balaban J connectivity index is 1.88. The molecule has 0 aliphatic carbocycles. The Hall–Kier alpha value is -1.82. The number of aliphatic hydroxyl groups excluding tert-OH is 1. The first kappa shape index (κ1) is 19.0. The fraction of sp³-hybridized carbons (Fsp3) is 0.450. The Morgan fingerprint density at radius 2 is 2.12 bits per heavy atom. The van der Waals surface area contributed by atoms with E-state index in [1.54, 1.807) is 12.4 Å². The van der Waals surface area contributed by atoms with Crippen molar-refractivity contribution in [2.24, 2.45) is 11.7 Å². The van der Waals surface area contributed by atoms with Gasteiger partial charge in [0.25, 0.3) is 0 Å². The molecule has 26 heavy (non-hydrogen) atoms. The summed E-state index contributed by atoms with van der Waals surface area (Å²) in [5.41, 5.74) is 7.76. The number of fused-ring (bicyclic) bond motifs is 3. The monoisotopic (exact) mass is 376 g/mol. The van der Waals surface area contributed by atoms with E-state index in [0.29, 0.717) is 24.0 Å². The molecule has 2 aromatic rings. The Morgan fingerprint density at radius 1 is 1.31 bits per heavy atom. The zero-order valence-corrected chi connectivity index (χ0v) is 15.9. The Morgan fingerprint density at radius 3 is 2.81 bits per heavy atom. The van der Waals surface area contributed by atoms with Crippen LogP contribution in [0.2, 0.25) is 0 Å². The van der Waals surface area contributed by atoms with Crippen molar-refractivity contribution in [1.82, 2.24) is 4.98 Å². The number of halogens is 1. The van der Waals surface area contributed by atoms with Crippen molar-refractivity contribution in [3.8, 4) is 22.6 Å². The molecule has 140 valence electrons. The topological polar surface area (TPSA) is 77.6 Å². The van der Waals surface area contributed by atoms with Crippen LogP contribution in [0.4, 0.5) is 0 Å². The van der Waals surface area contributed by atoms with Crippen molar-refractivity contribution in [2.75, 3.05) is 19.1 Å². The van der Waals surface area contributed by atoms with Gasteiger partial charge in [-0.1, -0.05) is 13.8 Å². The summed E-state index contributed by atoms with van der Waals surface area (Å²) in [6.45, 7) is 4.48. The maximum absolute atomic E-state index is 9.96. The number of nitrogens with two attached hydrogens (primary N) is 1. The van der Waals surface area contributed by atoms with E-state index in [-0.39, 0.29) is 18.5 Å². The molecule has 1 aromatic carbocycles. The number of aromatic nitrogens is 1. The average Bonchev–Trinajstić information content (AvgIpc) is 2.65. The van der Waals surface area contributed by atoms with Crippen LogP contribution in [0.3, 0.4) is 0 Å². The lowest BCUT2D eigenvalue weighted by atomic mass is 9.87. The highest BCUT2D eigenvalue weighted by Crippen LogP contribution is 2.46. The summed E-state index contributed by atoms with van der Waals surface area (Å²) in [4.78, 5) is 4.16. The van der Waals surface area contributed by atoms with Gasteiger partial charge < -0.3 is 20.3 Å². The van der Waals surface area contributed by atoms with Crippen LogP contribution < -0.4 is 15.2 Å². The molecule has 0 fully saturated rings. The molecule has 3 N–H and O–H groups in total. The van der Waals surface area contributed by atoms with Crippen LogP contribution in [0.25, 0.3) is 11.1 Å². The molecular weight excluding hydrogens is 352 g/mol. The van der Waals surface area contributed by atoms with Gasteiger partial charge in [0.15, 0.2) is 5.60 Å². The molecule has 1 unspecified atom stereocenters. The first-order chi connectivity index (χ1) is 12.5. The minimum Gasteiger partial charge on any atom is -0.492 e. The zero-order chi connectivity index (χ0) is 18.7. The molecule has 1 aliphatic rings. The van der Waals surface area contributed by atoms with Crippen LogP contribution in [0.1, 0.15) is 25.8 Å². The highest BCUT2D eigenvalue weighted by atomic mass is 35.5. The number of hydrogen-bond acceptors (Lipinski definition) is 5. The number of alkyl halides is 1. The maximum Gasteiger partial charge on any atom is 0.172 e. The summed E-state index contributed by atoms with van der Waals surface area (Å²) in [6, 6.07) is 7.58. The molecule has 1 aliphatic heterocycles. The highest BCUT2D eigenvalue weighted by Gasteiger charge is 2.40. The van der Waals surface area contributed by atoms with E-state index in [2.05, 4.69) is 18.8 Å². The van der Waals surface area contributed by atoms with E-state index < -0.39 is 5.60 Å². The van der Waals surface area contributed by atoms with Gasteiger partial charge in [0.1, 0.15) is 18.1 Å². The summed E-state index contributed by atoms with van der Waals surface area (Å²) in [5, 5.41) is 9.96. The first-order valence-corrected chi connectivity index (χ1v) is 9.35. The summed E-state index contributed by atoms with van der Waals surface area (Å²) in [5.74, 6) is 1.96. The standard InChI is InChI=1S/C20H25ClN2O3/c1-13(2)7-14(22)10-25-15-3-4-17-16-5-6-23-9-18(16)20(11-21,12-24)26-19(17)8-15/h3-6,8-9,13-14,24H,7,10-12,22H2,1-2H3/t14-,20?/m1/s1. The van der Waals surface area contributed by atoms with Gasteiger partial charge >= 0.3 is 0 Å². The third-order valence-electron chi connectivity index (χ3n) is 4.57. The predicted molar refractivity (Wildman–Crippen MR) is 103 cm³/mol. The molecule has 0 saturated carbocycles. The molecule has 1 aromatic heterocycles. The maximum atomic E-state index is 9.96. The fourth-order valence-corrected chi connectivity index (χ4v) is 3.58. The van der Waals surface area contributed by atoms with E-state index in [9.17, 15) is 5.11 Å². The molecule has 0 saturated heterocycles. The van der Waals surface area contributed by atoms with Crippen LogP contribution in [-0.2, 0) is 5.60 Å². The van der Waals surface area contributed by atoms with Gasteiger partial charge in [-0.25, -0.2) is 0 Å². The number of pyridine rings is 1. The molecule has 5 nitrogen and oxygen atoms in total. The minimum absolute atomic E-state index is 0.0156. The highest BCUT2D eigenvalue weighted by molar-refractivity contribution is 6.18. The molecule has 6 heteroatoms. The zero-order valence-electron chi connectivity index (χ0n) is 15.1. The first-order valence-electron chi connectivity index (χ1n) is 8.82. The largest absolute Gasteiger partial charge is 0.492 e. The normalized spacial score (nSPS) is 19.5. The van der Waals surface area contributed by atoms with Crippen molar-refractivity contribution < 1.29 is 14.6 Å². The lowest BCUT2D eigenvalue weighted by molar-refractivity contribution is 0.0222. The van der Waals surface area contributed by atoms with Crippen molar-refractivity contribution in [3.63, 3.8) is 0 Å². The van der Waals surface area contributed by atoms with Gasteiger partial charge in [-0.15, -0.1) is 11.6 Å². The van der Waals surface area contributed by atoms with Gasteiger partial charge in [-0.3, -0.25) is 4.98 Å². The van der Waals surface area contributed by atoms with Crippen LogP contribution in [-0.4, -0.2) is 35.2 Å². The van der Waals surface area contributed by atoms with Crippen LogP contribution in [0, 0.1) is 5.92 Å². The molecule has 2 heterocycles. The Labute approximate surface area is 159 Å². The molecular formula is C20H25ClN2O3. The van der Waals surface area contributed by atoms with E-state index in [4.69, 9.17) is 26.8 Å². The summed E-state index contributed by atoms with van der Waals surface area (Å²) < 4.78 is 12.0. The number of nitrogens with zero attached hydrogens (tertiary/aromatic N) is 1. The van der Waals surface area contributed by atoms with E-state index in [1.165, 1.54) is 0 Å². The minimum atomic E-state index is -1.01. The van der Waals surface area contributed by atoms with E-state index in [0.717, 1.165) is 23.1 Å². The molecule has 3 rings (SSSR count). The smallest absolute Gasteiger partial charge is 0.172 e. The van der Waals surface area contributed by atoms with Crippen molar-refractivity contribution >= 4 is 11.6 Å². The molecule has 0 radical (unpaired) electrons. The van der Waals surface area contributed by atoms with Crippen molar-refractivity contribution in [3.05, 3.63) is 42.2 Å². The number of benzene rings is 1. The lowest BCUT2D eigenvalue weighted by Gasteiger charge is -2.37. The van der Waals surface area contributed by atoms with Crippen LogP contribution >= 0.6 is 11.6 Å². The van der Waals surface area contributed by atoms with Gasteiger partial charge in [0, 0.05) is 35.6 Å². The molecule has 0 amide bonds. The van der Waals surface area contributed by atoms with Crippen LogP contribution in [0.5, 0.6) is 11.5 Å². The van der Waals surface area contributed by atoms with E-state index >= 15 is 0 Å². The Kier molecular flexibility index (Phi) is 5.70. The number of rotatable bonds is 7. The van der Waals surface area contributed by atoms with Crippen molar-refractivity contribution in [1.29, 1.82) is 0 Å². The van der Waals surface area contributed by atoms with Crippen LogP contribution in [0.15, 0.2) is 36.7 Å². The lowest BCUT2D eigenvalue weighted by Crippen LogP contribution is -2.41. The number of hydrogen-bond donors (Lipinski definition) is 2. The Bertz CT molecular complexity index is 762. The van der Waals surface area contributed by atoms with Gasteiger partial charge in [-0.2, -0.15) is 0 Å². The SMILES string of the molecule is CC(C)C[C@@H](N)COc1ccc2c(c1)OC(CO)(CCl)c1cnccc1-2. The molecule has 0 spiro atoms. The van der Waals surface area contributed by atoms with Crippen molar-refractivity contribution in [2.45, 2.75) is 31.9 Å². The van der Waals surface area contributed by atoms with Gasteiger partial charge in [0.05, 0.1) is 12.5 Å². The molecule has 0 bridgehead atoms. The fourth-order valence-electron chi connectivity index (χ4n) is 3.29. The number of ether oxygens (including phenoxy) is 2. The number of aliphatic hydroxyl groups is 1. The van der Waals surface area contributed by atoms with Gasteiger partial charge in [0.2, 0.25) is 0 Å². The average molecular weight is 377 g/mol. The third-order valence-corrected chi connectivity index (χ3v) is 5.00. The predicted octanol–water partition coefficient (Wildman–Crippen LogP) is 3.32. The quantitative estimate of drug-likeness (QED) is 0.725. The second-order valence-electron chi connectivity index (χ2n) is 7.17. The second-order valence-corrected chi connectivity index (χ2v) is 7.44. The second kappa shape index (κ2) is 7.82. The third kappa shape index (κ3) is 3.65.